The summed E-state index contributed by atoms with van der Waals surface area (Å²) in [6.07, 6.45) is 0. The Bertz CT molecular complexity index is 1570. The highest BCUT2D eigenvalue weighted by Crippen LogP contribution is 2.87. The molecule has 0 bridgehead atoms. The SMILES string of the molecule is ClP1(Cl)=NP(Cl)(N(Cc2ccccc2)Cc2ccccc2)=NP(Cl)(Cl)=NP(Cl)(N(Cc2ccccc2)Cc2ccccc2)=N1. The molecule has 1 aliphatic heterocycles. The number of hydrogen-bond acceptors (Lipinski definition) is 6. The van der Waals surface area contributed by atoms with E-state index in [1.165, 1.54) is 0 Å². The Morgan fingerprint density at radius 2 is 0.591 bits per heavy atom. The summed E-state index contributed by atoms with van der Waals surface area (Å²) >= 11 is 42.7. The highest BCUT2D eigenvalue weighted by atomic mass is 35.9. The smallest absolute Gasteiger partial charge is 0.231 e. The van der Waals surface area contributed by atoms with E-state index in [1.807, 2.05) is 131 Å². The zero-order valence-corrected chi connectivity index (χ0v) is 31.2. The predicted octanol–water partition coefficient (Wildman–Crippen LogP) is 14.6. The van der Waals surface area contributed by atoms with E-state index in [9.17, 15) is 0 Å². The number of hydrogen-bond donors (Lipinski definition) is 0. The van der Waals surface area contributed by atoms with Crippen LogP contribution in [0.1, 0.15) is 22.3 Å². The van der Waals surface area contributed by atoms with Gasteiger partial charge in [-0.2, -0.15) is 18.1 Å². The average molecular weight is 785 g/mol. The Morgan fingerprint density at radius 1 is 0.364 bits per heavy atom. The normalized spacial score (nSPS) is 22.5. The highest BCUT2D eigenvalue weighted by molar-refractivity contribution is 8.19. The largest absolute Gasteiger partial charge is 0.257 e. The molecule has 0 N–H and O–H groups in total. The fourth-order valence-electron chi connectivity index (χ4n) is 4.49. The van der Waals surface area contributed by atoms with Gasteiger partial charge in [0.2, 0.25) is 13.4 Å². The molecule has 0 aromatic heterocycles. The van der Waals surface area contributed by atoms with Crippen molar-refractivity contribution < 1.29 is 0 Å². The van der Waals surface area contributed by atoms with E-state index in [2.05, 4.69) is 0 Å². The fourth-order valence-corrected chi connectivity index (χ4v) is 27.4. The molecule has 0 aliphatic carbocycles. The molecule has 16 heteroatoms. The van der Waals surface area contributed by atoms with E-state index in [0.29, 0.717) is 26.2 Å². The number of benzene rings is 4. The minimum atomic E-state index is -3.57. The number of nitrogens with zero attached hydrogens (tertiary/aromatic N) is 6. The zero-order valence-electron chi connectivity index (χ0n) is 23.1. The Balaban J connectivity index is 1.64. The van der Waals surface area contributed by atoms with Gasteiger partial charge in [0, 0.05) is 26.2 Å². The van der Waals surface area contributed by atoms with Gasteiger partial charge in [0.15, 0.2) is 0 Å². The molecule has 0 amide bonds. The van der Waals surface area contributed by atoms with Gasteiger partial charge in [0.1, 0.15) is 0 Å². The van der Waals surface area contributed by atoms with E-state index in [4.69, 9.17) is 85.5 Å². The first-order valence-electron chi connectivity index (χ1n) is 13.3. The Labute approximate surface area is 287 Å². The Kier molecular flexibility index (Phi) is 12.0. The molecule has 0 saturated heterocycles. The monoisotopic (exact) mass is 782 g/mol. The van der Waals surface area contributed by atoms with E-state index in [0.717, 1.165) is 22.3 Å². The average Bonchev–Trinajstić information content (AvgIpc) is 2.97. The summed E-state index contributed by atoms with van der Waals surface area (Å²) in [6.45, 7) is -5.37. The third kappa shape index (κ3) is 9.74. The molecule has 1 aliphatic rings. The van der Waals surface area contributed by atoms with Crippen molar-refractivity contribution in [1.82, 2.24) is 9.34 Å². The fraction of sp³-hybridized carbons (Fsp3) is 0.143. The molecule has 6 nitrogen and oxygen atoms in total. The van der Waals surface area contributed by atoms with E-state index in [-0.39, 0.29) is 0 Å². The molecular formula is C28H28Cl6N6P4. The molecule has 5 rings (SSSR count). The van der Waals surface area contributed by atoms with Gasteiger partial charge in [-0.05, 0) is 89.7 Å². The van der Waals surface area contributed by atoms with Gasteiger partial charge in [0.25, 0.3) is 11.8 Å². The molecule has 4 aromatic rings. The summed E-state index contributed by atoms with van der Waals surface area (Å²) in [5, 5.41) is 0. The van der Waals surface area contributed by atoms with Gasteiger partial charge >= 0.3 is 0 Å². The van der Waals surface area contributed by atoms with Crippen molar-refractivity contribution in [3.63, 3.8) is 0 Å². The first kappa shape index (κ1) is 34.8. The summed E-state index contributed by atoms with van der Waals surface area (Å²) in [7, 11) is 0. The standard InChI is InChI=1S/C28H28Cl6N6P4/c29-41(30)35-43(33,39(21-25-13-5-1-6-14-25)22-26-15-7-2-8-16-26)36-42(31,32)38-44(34,37-41)40(23-27-17-9-3-10-18-27)24-28-19-11-4-12-20-28/h1-20H,21-24H2. The van der Waals surface area contributed by atoms with Crippen molar-refractivity contribution in [2.24, 2.45) is 18.1 Å². The van der Waals surface area contributed by atoms with Crippen LogP contribution in [0, 0.1) is 0 Å². The van der Waals surface area contributed by atoms with Crippen LogP contribution in [-0.4, -0.2) is 9.34 Å². The van der Waals surface area contributed by atoms with Gasteiger partial charge in [-0.3, -0.25) is 0 Å². The van der Waals surface area contributed by atoms with E-state index in [1.54, 1.807) is 0 Å². The molecule has 0 spiro atoms. The van der Waals surface area contributed by atoms with E-state index < -0.39 is 25.2 Å². The molecule has 0 fully saturated rings. The lowest BCUT2D eigenvalue weighted by Gasteiger charge is -2.34. The van der Waals surface area contributed by atoms with Crippen LogP contribution in [0.3, 0.4) is 0 Å². The van der Waals surface area contributed by atoms with Crippen molar-refractivity contribution in [3.05, 3.63) is 144 Å². The predicted molar refractivity (Wildman–Crippen MR) is 197 cm³/mol. The Morgan fingerprint density at radius 3 is 0.818 bits per heavy atom. The second kappa shape index (κ2) is 15.1. The maximum Gasteiger partial charge on any atom is 0.257 e. The lowest BCUT2D eigenvalue weighted by Crippen LogP contribution is -2.18. The number of halogens is 6. The van der Waals surface area contributed by atoms with Gasteiger partial charge in [-0.25, -0.2) is 9.34 Å². The maximum absolute atomic E-state index is 7.38. The van der Waals surface area contributed by atoms with Crippen LogP contribution in [0.2, 0.25) is 0 Å². The molecule has 1 heterocycles. The lowest BCUT2D eigenvalue weighted by molar-refractivity contribution is 0.446. The summed E-state index contributed by atoms with van der Waals surface area (Å²) in [5.41, 5.74) is 3.95. The third-order valence-electron chi connectivity index (χ3n) is 6.44. The highest BCUT2D eigenvalue weighted by Gasteiger charge is 2.39. The molecule has 2 unspecified atom stereocenters. The first-order chi connectivity index (χ1) is 20.9. The lowest BCUT2D eigenvalue weighted by atomic mass is 10.2. The molecular weight excluding hydrogens is 757 g/mol. The molecule has 0 saturated carbocycles. The van der Waals surface area contributed by atoms with Gasteiger partial charge in [-0.1, -0.05) is 121 Å². The minimum absolute atomic E-state index is 0.386. The van der Waals surface area contributed by atoms with Crippen LogP contribution >= 0.6 is 92.7 Å². The van der Waals surface area contributed by atoms with Crippen molar-refractivity contribution in [2.45, 2.75) is 26.2 Å². The second-order valence-electron chi connectivity index (χ2n) is 9.85. The van der Waals surface area contributed by atoms with Crippen molar-refractivity contribution in [2.75, 3.05) is 0 Å². The van der Waals surface area contributed by atoms with E-state index >= 15 is 0 Å². The summed E-state index contributed by atoms with van der Waals surface area (Å²) < 4.78 is 23.0. The minimum Gasteiger partial charge on any atom is -0.231 e. The topological polar surface area (TPSA) is 55.9 Å². The summed E-state index contributed by atoms with van der Waals surface area (Å²) in [4.78, 5) is 0. The van der Waals surface area contributed by atoms with Gasteiger partial charge < -0.3 is 0 Å². The molecule has 0 radical (unpaired) electrons. The van der Waals surface area contributed by atoms with Crippen LogP contribution < -0.4 is 0 Å². The van der Waals surface area contributed by atoms with Crippen LogP contribution in [0.5, 0.6) is 0 Å². The quantitative estimate of drug-likeness (QED) is 0.150. The maximum atomic E-state index is 7.38. The zero-order chi connectivity index (χ0) is 31.3. The Hall–Kier alpha value is -0.540. The van der Waals surface area contributed by atoms with Gasteiger partial charge in [-0.15, -0.1) is 0 Å². The van der Waals surface area contributed by atoms with Crippen LogP contribution in [0.15, 0.2) is 139 Å². The van der Waals surface area contributed by atoms with Crippen molar-refractivity contribution in [3.8, 4) is 0 Å². The number of rotatable bonds is 10. The van der Waals surface area contributed by atoms with Crippen LogP contribution in [-0.2, 0) is 26.2 Å². The van der Waals surface area contributed by atoms with Crippen LogP contribution in [0.4, 0.5) is 0 Å². The molecule has 232 valence electrons. The molecule has 4 aromatic carbocycles. The second-order valence-corrected chi connectivity index (χ2v) is 27.1. The third-order valence-corrected chi connectivity index (χ3v) is 24.1. The summed E-state index contributed by atoms with van der Waals surface area (Å²) in [6, 6.07) is 39.4. The van der Waals surface area contributed by atoms with Crippen molar-refractivity contribution in [1.29, 1.82) is 0 Å². The first-order valence-corrected chi connectivity index (χ1v) is 25.4. The van der Waals surface area contributed by atoms with Crippen LogP contribution in [0.25, 0.3) is 0 Å². The van der Waals surface area contributed by atoms with Crippen molar-refractivity contribution >= 4 is 92.7 Å². The molecule has 44 heavy (non-hydrogen) atoms. The van der Waals surface area contributed by atoms with Gasteiger partial charge in [0.05, 0.1) is 0 Å². The molecule has 2 atom stereocenters. The summed E-state index contributed by atoms with van der Waals surface area (Å²) in [5.74, 6) is -7.15.